The molecule has 20 heavy (non-hydrogen) atoms. The van der Waals surface area contributed by atoms with Gasteiger partial charge in [0.2, 0.25) is 0 Å². The molecule has 0 saturated carbocycles. The van der Waals surface area contributed by atoms with Crippen LogP contribution in [0.1, 0.15) is 10.5 Å². The zero-order valence-electron chi connectivity index (χ0n) is 10.1. The van der Waals surface area contributed by atoms with E-state index in [2.05, 4.69) is 25.3 Å². The van der Waals surface area contributed by atoms with Crippen molar-refractivity contribution in [1.29, 1.82) is 0 Å². The van der Waals surface area contributed by atoms with Crippen LogP contribution in [-0.2, 0) is 0 Å². The second-order valence-corrected chi connectivity index (χ2v) is 4.25. The van der Waals surface area contributed by atoms with Crippen LogP contribution in [0.5, 0.6) is 0 Å². The van der Waals surface area contributed by atoms with Crippen molar-refractivity contribution >= 4 is 34.4 Å². The normalized spacial score (nSPS) is 10.4. The summed E-state index contributed by atoms with van der Waals surface area (Å²) < 4.78 is 0. The predicted molar refractivity (Wildman–Crippen MR) is 74.5 cm³/mol. The number of carbonyl (C=O) groups excluding carboxylic acids is 1. The molecule has 0 atom stereocenters. The Morgan fingerprint density at radius 1 is 1.05 bits per heavy atom. The number of fused-ring (bicyclic) bond motifs is 1. The fourth-order valence-electron chi connectivity index (χ4n) is 1.64. The molecule has 2 heterocycles. The van der Waals surface area contributed by atoms with Crippen molar-refractivity contribution in [2.75, 3.05) is 5.32 Å². The van der Waals surface area contributed by atoms with E-state index in [9.17, 15) is 4.79 Å². The Bertz CT molecular complexity index is 792. The summed E-state index contributed by atoms with van der Waals surface area (Å²) in [4.78, 5) is 28.2. The van der Waals surface area contributed by atoms with Gasteiger partial charge in [-0.25, -0.2) is 15.0 Å². The molecule has 2 aromatic heterocycles. The summed E-state index contributed by atoms with van der Waals surface area (Å²) in [5.74, 6) is -0.250. The smallest absolute Gasteiger partial charge is 0.277 e. The van der Waals surface area contributed by atoms with E-state index >= 15 is 0 Å². The molecule has 98 valence electrons. The number of carbonyl (C=O) groups is 1. The van der Waals surface area contributed by atoms with Crippen molar-refractivity contribution in [3.63, 3.8) is 0 Å². The number of aromatic nitrogens is 4. The molecular weight excluding hydrogens is 278 g/mol. The van der Waals surface area contributed by atoms with Crippen LogP contribution in [0.4, 0.5) is 5.82 Å². The van der Waals surface area contributed by atoms with Crippen molar-refractivity contribution in [2.24, 2.45) is 0 Å². The van der Waals surface area contributed by atoms with E-state index in [-0.39, 0.29) is 16.7 Å². The zero-order valence-corrected chi connectivity index (χ0v) is 10.9. The molecular formula is C13H8ClN5O. The molecule has 0 fully saturated rings. The van der Waals surface area contributed by atoms with Crippen LogP contribution in [0.25, 0.3) is 11.0 Å². The van der Waals surface area contributed by atoms with Gasteiger partial charge in [0.1, 0.15) is 5.69 Å². The van der Waals surface area contributed by atoms with Crippen molar-refractivity contribution in [3.05, 3.63) is 53.7 Å². The van der Waals surface area contributed by atoms with E-state index in [0.29, 0.717) is 5.52 Å². The monoisotopic (exact) mass is 285 g/mol. The molecule has 0 spiro atoms. The maximum Gasteiger partial charge on any atom is 0.277 e. The maximum absolute atomic E-state index is 12.1. The summed E-state index contributed by atoms with van der Waals surface area (Å²) in [7, 11) is 0. The highest BCUT2D eigenvalue weighted by Gasteiger charge is 2.12. The highest BCUT2D eigenvalue weighted by molar-refractivity contribution is 6.32. The molecule has 7 heteroatoms. The summed E-state index contributed by atoms with van der Waals surface area (Å²) in [5.41, 5.74) is 1.55. The molecule has 6 nitrogen and oxygen atoms in total. The summed E-state index contributed by atoms with van der Waals surface area (Å²) in [6, 6.07) is 7.30. The molecule has 3 aromatic rings. The highest BCUT2D eigenvalue weighted by atomic mass is 35.5. The first-order valence-corrected chi connectivity index (χ1v) is 6.11. The molecule has 0 unspecified atom stereocenters. The van der Waals surface area contributed by atoms with Gasteiger partial charge in [-0.15, -0.1) is 0 Å². The van der Waals surface area contributed by atoms with Crippen molar-refractivity contribution in [3.8, 4) is 0 Å². The number of rotatable bonds is 2. The summed E-state index contributed by atoms with van der Waals surface area (Å²) in [6.07, 6.45) is 4.28. The molecule has 0 aliphatic rings. The maximum atomic E-state index is 12.1. The SMILES string of the molecule is O=C(Nc1nccnc1Cl)c1cnc2ccccc2n1. The summed E-state index contributed by atoms with van der Waals surface area (Å²) in [5, 5.41) is 2.66. The Balaban J connectivity index is 1.91. The fourth-order valence-corrected chi connectivity index (χ4v) is 1.80. The van der Waals surface area contributed by atoms with Crippen LogP contribution in [0.3, 0.4) is 0 Å². The van der Waals surface area contributed by atoms with E-state index < -0.39 is 5.91 Å². The Kier molecular flexibility index (Phi) is 3.22. The molecule has 1 N–H and O–H groups in total. The molecule has 1 aromatic carbocycles. The van der Waals surface area contributed by atoms with E-state index in [1.807, 2.05) is 18.2 Å². The van der Waals surface area contributed by atoms with Gasteiger partial charge in [-0.2, -0.15) is 0 Å². The van der Waals surface area contributed by atoms with Gasteiger partial charge in [0, 0.05) is 12.4 Å². The number of nitrogens with one attached hydrogen (secondary N) is 1. The second kappa shape index (κ2) is 5.18. The number of nitrogens with zero attached hydrogens (tertiary/aromatic N) is 4. The lowest BCUT2D eigenvalue weighted by molar-refractivity contribution is 0.102. The third-order valence-electron chi connectivity index (χ3n) is 2.57. The van der Waals surface area contributed by atoms with E-state index in [1.165, 1.54) is 18.6 Å². The van der Waals surface area contributed by atoms with Gasteiger partial charge in [0.15, 0.2) is 11.0 Å². The van der Waals surface area contributed by atoms with Gasteiger partial charge < -0.3 is 5.32 Å². The zero-order chi connectivity index (χ0) is 13.9. The highest BCUT2D eigenvalue weighted by Crippen LogP contribution is 2.15. The minimum absolute atomic E-state index is 0.120. The minimum atomic E-state index is -0.439. The third kappa shape index (κ3) is 2.41. The van der Waals surface area contributed by atoms with Crippen molar-refractivity contribution in [1.82, 2.24) is 19.9 Å². The van der Waals surface area contributed by atoms with Crippen molar-refractivity contribution in [2.45, 2.75) is 0 Å². The standard InChI is InChI=1S/C13H8ClN5O/c14-11-12(16-6-5-15-11)19-13(20)10-7-17-8-3-1-2-4-9(8)18-10/h1-7H,(H,16,19,20). The van der Waals surface area contributed by atoms with E-state index in [1.54, 1.807) is 6.07 Å². The quantitative estimate of drug-likeness (QED) is 0.781. The number of anilines is 1. The van der Waals surface area contributed by atoms with Crippen LogP contribution >= 0.6 is 11.6 Å². The topological polar surface area (TPSA) is 80.7 Å². The first-order valence-electron chi connectivity index (χ1n) is 5.74. The minimum Gasteiger partial charge on any atom is -0.303 e. The van der Waals surface area contributed by atoms with Crippen LogP contribution in [0.2, 0.25) is 5.15 Å². The number of halogens is 1. The van der Waals surface area contributed by atoms with Gasteiger partial charge in [0.25, 0.3) is 5.91 Å². The number of hydrogen-bond acceptors (Lipinski definition) is 5. The first kappa shape index (κ1) is 12.4. The van der Waals surface area contributed by atoms with Crippen LogP contribution in [0.15, 0.2) is 42.9 Å². The van der Waals surface area contributed by atoms with Gasteiger partial charge in [0.05, 0.1) is 17.2 Å². The summed E-state index contributed by atoms with van der Waals surface area (Å²) in [6.45, 7) is 0. The fraction of sp³-hybridized carbons (Fsp3) is 0. The molecule has 3 rings (SSSR count). The lowest BCUT2D eigenvalue weighted by Crippen LogP contribution is -2.15. The van der Waals surface area contributed by atoms with Crippen LogP contribution in [-0.4, -0.2) is 25.8 Å². The molecule has 0 aliphatic carbocycles. The lowest BCUT2D eigenvalue weighted by Gasteiger charge is -2.05. The van der Waals surface area contributed by atoms with Crippen LogP contribution < -0.4 is 5.32 Å². The molecule has 1 amide bonds. The molecule has 0 bridgehead atoms. The third-order valence-corrected chi connectivity index (χ3v) is 2.84. The summed E-state index contributed by atoms with van der Waals surface area (Å²) >= 11 is 5.83. The van der Waals surface area contributed by atoms with E-state index in [4.69, 9.17) is 11.6 Å². The average Bonchev–Trinajstić information content (AvgIpc) is 2.49. The van der Waals surface area contributed by atoms with Gasteiger partial charge in [-0.05, 0) is 12.1 Å². The molecule has 0 radical (unpaired) electrons. The van der Waals surface area contributed by atoms with E-state index in [0.717, 1.165) is 5.52 Å². The predicted octanol–water partition coefficient (Wildman–Crippen LogP) is 2.33. The average molecular weight is 286 g/mol. The Morgan fingerprint density at radius 2 is 1.80 bits per heavy atom. The van der Waals surface area contributed by atoms with Gasteiger partial charge >= 0.3 is 0 Å². The van der Waals surface area contributed by atoms with Gasteiger partial charge in [-0.1, -0.05) is 23.7 Å². The number of para-hydroxylation sites is 2. The largest absolute Gasteiger partial charge is 0.303 e. The Morgan fingerprint density at radius 3 is 2.60 bits per heavy atom. The van der Waals surface area contributed by atoms with Crippen molar-refractivity contribution < 1.29 is 4.79 Å². The van der Waals surface area contributed by atoms with Gasteiger partial charge in [-0.3, -0.25) is 9.78 Å². The molecule has 0 saturated heterocycles. The lowest BCUT2D eigenvalue weighted by atomic mass is 10.3. The Hall–Kier alpha value is -2.60. The number of hydrogen-bond donors (Lipinski definition) is 1. The van der Waals surface area contributed by atoms with Crippen LogP contribution in [0, 0.1) is 0 Å². The molecule has 0 aliphatic heterocycles. The number of amides is 1. The Labute approximate surface area is 118 Å². The second-order valence-electron chi connectivity index (χ2n) is 3.89. The number of benzene rings is 1. The first-order chi connectivity index (χ1) is 9.74.